The summed E-state index contributed by atoms with van der Waals surface area (Å²) < 4.78 is 66.5. The number of carbonyl (C=O) groups excluding carboxylic acids is 1. The topological polar surface area (TPSA) is 74.6 Å². The lowest BCUT2D eigenvalue weighted by molar-refractivity contribution is -0.127. The van der Waals surface area contributed by atoms with Crippen LogP contribution in [-0.4, -0.2) is 54.1 Å². The third-order valence-electron chi connectivity index (χ3n) is 5.16. The van der Waals surface area contributed by atoms with Crippen molar-refractivity contribution in [2.75, 3.05) is 13.2 Å². The third kappa shape index (κ3) is 5.09. The first-order chi connectivity index (χ1) is 14.9. The lowest BCUT2D eigenvalue weighted by atomic mass is 9.99. The predicted octanol–water partition coefficient (Wildman–Crippen LogP) is 2.81. The van der Waals surface area contributed by atoms with Gasteiger partial charge in [-0.05, 0) is 30.0 Å². The molecule has 2 atom stereocenters. The number of rotatable bonds is 7. The van der Waals surface area contributed by atoms with E-state index in [2.05, 4.69) is 15.2 Å². The van der Waals surface area contributed by atoms with Gasteiger partial charge in [0.1, 0.15) is 12.4 Å². The van der Waals surface area contributed by atoms with Crippen LogP contribution in [0.4, 0.5) is 17.6 Å². The summed E-state index contributed by atoms with van der Waals surface area (Å²) in [5, 5.41) is 6.96. The molecule has 0 fully saturated rings. The zero-order valence-corrected chi connectivity index (χ0v) is 16.4. The SMILES string of the molecule is O=C(N[C@H]1COc2ccc(CCOC(F)F)cc2C1)c1cc2n(n1)CCC(C(F)F)O2. The number of hydrogen-bond donors (Lipinski definition) is 1. The Morgan fingerprint density at radius 3 is 2.90 bits per heavy atom. The molecule has 2 aliphatic heterocycles. The number of halogens is 4. The molecule has 1 aromatic heterocycles. The third-order valence-corrected chi connectivity index (χ3v) is 5.16. The number of nitrogens with one attached hydrogen (secondary N) is 1. The van der Waals surface area contributed by atoms with Gasteiger partial charge in [-0.1, -0.05) is 12.1 Å². The fourth-order valence-corrected chi connectivity index (χ4v) is 3.63. The first kappa shape index (κ1) is 21.4. The Morgan fingerprint density at radius 1 is 1.29 bits per heavy atom. The van der Waals surface area contributed by atoms with Gasteiger partial charge in [0, 0.05) is 19.0 Å². The molecule has 168 valence electrons. The van der Waals surface area contributed by atoms with Crippen LogP contribution in [-0.2, 0) is 24.1 Å². The van der Waals surface area contributed by atoms with Gasteiger partial charge in [-0.25, -0.2) is 13.5 Å². The number of ether oxygens (including phenoxy) is 3. The smallest absolute Gasteiger partial charge is 0.345 e. The minimum absolute atomic E-state index is 0.0774. The van der Waals surface area contributed by atoms with Crippen molar-refractivity contribution in [2.24, 2.45) is 0 Å². The van der Waals surface area contributed by atoms with Crippen molar-refractivity contribution in [1.29, 1.82) is 0 Å². The van der Waals surface area contributed by atoms with Gasteiger partial charge in [-0.3, -0.25) is 4.79 Å². The van der Waals surface area contributed by atoms with E-state index in [1.165, 1.54) is 10.7 Å². The van der Waals surface area contributed by atoms with E-state index in [4.69, 9.17) is 9.47 Å². The molecule has 2 aromatic rings. The molecule has 1 N–H and O–H groups in total. The van der Waals surface area contributed by atoms with E-state index in [-0.39, 0.29) is 43.8 Å². The summed E-state index contributed by atoms with van der Waals surface area (Å²) in [5.74, 6) is 0.355. The van der Waals surface area contributed by atoms with Crippen LogP contribution in [0, 0.1) is 0 Å². The Hall–Kier alpha value is -2.82. The molecule has 11 heteroatoms. The maximum absolute atomic E-state index is 12.9. The van der Waals surface area contributed by atoms with Crippen LogP contribution in [0.3, 0.4) is 0 Å². The zero-order valence-electron chi connectivity index (χ0n) is 16.4. The quantitative estimate of drug-likeness (QED) is 0.667. The number of amides is 1. The van der Waals surface area contributed by atoms with E-state index in [1.807, 2.05) is 6.07 Å². The Balaban J connectivity index is 1.36. The van der Waals surface area contributed by atoms with Crippen LogP contribution in [0.25, 0.3) is 0 Å². The van der Waals surface area contributed by atoms with Gasteiger partial charge in [0.05, 0.1) is 12.6 Å². The standard InChI is InChI=1S/C20H21F4N3O4/c21-18(22)16-3-5-27-17(31-16)9-14(26-27)19(28)25-13-8-12-7-11(4-6-29-20(23)24)1-2-15(12)30-10-13/h1-2,7,9,13,16,18,20H,3-6,8,10H2,(H,25,28)/t13-,16?/m1/s1. The van der Waals surface area contributed by atoms with Gasteiger partial charge in [0.2, 0.25) is 5.88 Å². The van der Waals surface area contributed by atoms with Gasteiger partial charge < -0.3 is 19.5 Å². The fraction of sp³-hybridized carbons (Fsp3) is 0.500. The molecule has 0 saturated heterocycles. The van der Waals surface area contributed by atoms with E-state index in [0.29, 0.717) is 18.6 Å². The maximum Gasteiger partial charge on any atom is 0.345 e. The summed E-state index contributed by atoms with van der Waals surface area (Å²) in [6.45, 7) is -2.41. The van der Waals surface area contributed by atoms with E-state index in [1.54, 1.807) is 12.1 Å². The highest BCUT2D eigenvalue weighted by Crippen LogP contribution is 2.27. The van der Waals surface area contributed by atoms with E-state index < -0.39 is 25.0 Å². The summed E-state index contributed by atoms with van der Waals surface area (Å²) in [6, 6.07) is 6.42. The number of aryl methyl sites for hydroxylation is 1. The molecule has 3 heterocycles. The monoisotopic (exact) mass is 443 g/mol. The number of hydrogen-bond acceptors (Lipinski definition) is 5. The number of benzene rings is 1. The predicted molar refractivity (Wildman–Crippen MR) is 99.8 cm³/mol. The zero-order chi connectivity index (χ0) is 22.0. The molecule has 0 aliphatic carbocycles. The summed E-state index contributed by atoms with van der Waals surface area (Å²) in [4.78, 5) is 12.6. The molecule has 0 radical (unpaired) electrons. The lowest BCUT2D eigenvalue weighted by Crippen LogP contribution is -2.43. The summed E-state index contributed by atoms with van der Waals surface area (Å²) in [5.41, 5.74) is 1.74. The second-order valence-corrected chi connectivity index (χ2v) is 7.38. The largest absolute Gasteiger partial charge is 0.491 e. The number of carbonyl (C=O) groups is 1. The van der Waals surface area contributed by atoms with Gasteiger partial charge in [-0.2, -0.15) is 13.9 Å². The summed E-state index contributed by atoms with van der Waals surface area (Å²) in [6.07, 6.45) is -2.88. The Morgan fingerprint density at radius 2 is 2.13 bits per heavy atom. The molecule has 4 rings (SSSR count). The number of aromatic nitrogens is 2. The maximum atomic E-state index is 12.9. The molecule has 31 heavy (non-hydrogen) atoms. The van der Waals surface area contributed by atoms with Gasteiger partial charge in [0.25, 0.3) is 12.3 Å². The summed E-state index contributed by atoms with van der Waals surface area (Å²) in [7, 11) is 0. The highest BCUT2D eigenvalue weighted by Gasteiger charge is 2.30. The first-order valence-electron chi connectivity index (χ1n) is 9.87. The molecule has 0 saturated carbocycles. The molecule has 1 amide bonds. The number of alkyl halides is 4. The fourth-order valence-electron chi connectivity index (χ4n) is 3.63. The summed E-state index contributed by atoms with van der Waals surface area (Å²) >= 11 is 0. The van der Waals surface area contributed by atoms with Gasteiger partial charge in [0.15, 0.2) is 11.8 Å². The average Bonchev–Trinajstić information content (AvgIpc) is 3.17. The lowest BCUT2D eigenvalue weighted by Gasteiger charge is -2.26. The average molecular weight is 443 g/mol. The highest BCUT2D eigenvalue weighted by molar-refractivity contribution is 5.92. The van der Waals surface area contributed by atoms with Crippen LogP contribution < -0.4 is 14.8 Å². The van der Waals surface area contributed by atoms with Crippen molar-refractivity contribution < 1.29 is 36.6 Å². The molecule has 0 bridgehead atoms. The number of nitrogens with zero attached hydrogens (tertiary/aromatic N) is 2. The van der Waals surface area contributed by atoms with Crippen molar-refractivity contribution in [2.45, 2.75) is 51.0 Å². The van der Waals surface area contributed by atoms with E-state index >= 15 is 0 Å². The Kier molecular flexibility index (Phi) is 6.30. The first-order valence-corrected chi connectivity index (χ1v) is 9.87. The minimum atomic E-state index is -2.80. The molecule has 0 spiro atoms. The number of fused-ring (bicyclic) bond motifs is 2. The highest BCUT2D eigenvalue weighted by atomic mass is 19.3. The van der Waals surface area contributed by atoms with Crippen molar-refractivity contribution in [1.82, 2.24) is 15.1 Å². The molecular formula is C20H21F4N3O4. The normalized spacial score (nSPS) is 20.1. The molecule has 2 aliphatic rings. The van der Waals surface area contributed by atoms with E-state index in [0.717, 1.165) is 11.1 Å². The van der Waals surface area contributed by atoms with Gasteiger partial charge in [-0.15, -0.1) is 0 Å². The second kappa shape index (κ2) is 9.13. The molecule has 1 unspecified atom stereocenters. The van der Waals surface area contributed by atoms with Crippen LogP contribution in [0.2, 0.25) is 0 Å². The molecule has 1 aromatic carbocycles. The second-order valence-electron chi connectivity index (χ2n) is 7.38. The van der Waals surface area contributed by atoms with Crippen LogP contribution in [0.5, 0.6) is 11.6 Å². The molecule has 7 nitrogen and oxygen atoms in total. The van der Waals surface area contributed by atoms with Gasteiger partial charge >= 0.3 is 6.61 Å². The Labute approximate surface area is 175 Å². The van der Waals surface area contributed by atoms with Crippen LogP contribution in [0.1, 0.15) is 28.0 Å². The van der Waals surface area contributed by atoms with Crippen molar-refractivity contribution >= 4 is 5.91 Å². The van der Waals surface area contributed by atoms with Crippen molar-refractivity contribution in [3.63, 3.8) is 0 Å². The molecular weight excluding hydrogens is 422 g/mol. The van der Waals surface area contributed by atoms with Crippen LogP contribution in [0.15, 0.2) is 24.3 Å². The van der Waals surface area contributed by atoms with E-state index in [9.17, 15) is 22.4 Å². The van der Waals surface area contributed by atoms with Crippen molar-refractivity contribution in [3.05, 3.63) is 41.1 Å². The van der Waals surface area contributed by atoms with Crippen molar-refractivity contribution in [3.8, 4) is 11.6 Å². The minimum Gasteiger partial charge on any atom is -0.491 e. The Bertz CT molecular complexity index is 937. The van der Waals surface area contributed by atoms with Crippen LogP contribution >= 0.6 is 0 Å².